The summed E-state index contributed by atoms with van der Waals surface area (Å²) >= 11 is 0. The van der Waals surface area contributed by atoms with Crippen molar-refractivity contribution in [2.24, 2.45) is 0 Å². The van der Waals surface area contributed by atoms with Gasteiger partial charge in [-0.2, -0.15) is 0 Å². The number of rotatable bonds is 7. The Morgan fingerprint density at radius 1 is 1.05 bits per heavy atom. The van der Waals surface area contributed by atoms with E-state index in [-0.39, 0.29) is 0 Å². The number of para-hydroxylation sites is 1. The van der Waals surface area contributed by atoms with Gasteiger partial charge in [0.25, 0.3) is 0 Å². The quantitative estimate of drug-likeness (QED) is 0.776. The monoisotopic (exact) mass is 269 g/mol. The summed E-state index contributed by atoms with van der Waals surface area (Å²) in [5.41, 5.74) is 3.50. The van der Waals surface area contributed by atoms with Crippen molar-refractivity contribution in [3.05, 3.63) is 54.4 Å². The van der Waals surface area contributed by atoms with E-state index in [0.29, 0.717) is 0 Å². The zero-order valence-electron chi connectivity index (χ0n) is 12.3. The van der Waals surface area contributed by atoms with E-state index in [4.69, 9.17) is 0 Å². The summed E-state index contributed by atoms with van der Waals surface area (Å²) in [7, 11) is 0. The normalized spacial score (nSPS) is 10.5. The van der Waals surface area contributed by atoms with E-state index in [1.54, 1.807) is 0 Å². The number of anilines is 2. The van der Waals surface area contributed by atoms with Crippen molar-refractivity contribution in [2.75, 3.05) is 18.0 Å². The van der Waals surface area contributed by atoms with Crippen molar-refractivity contribution < 1.29 is 0 Å². The molecule has 1 heterocycles. The highest BCUT2D eigenvalue weighted by atomic mass is 15.1. The largest absolute Gasteiger partial charge is 0.342 e. The number of benzene rings is 1. The van der Waals surface area contributed by atoms with Gasteiger partial charge in [0.15, 0.2) is 0 Å². The van der Waals surface area contributed by atoms with Crippen LogP contribution in [0.5, 0.6) is 0 Å². The van der Waals surface area contributed by atoms with Crippen LogP contribution in [0.3, 0.4) is 0 Å². The molecule has 0 aliphatic rings. The van der Waals surface area contributed by atoms with Crippen LogP contribution in [-0.4, -0.2) is 18.1 Å². The molecule has 106 valence electrons. The van der Waals surface area contributed by atoms with Gasteiger partial charge in [0.05, 0.1) is 5.69 Å². The van der Waals surface area contributed by atoms with E-state index < -0.39 is 0 Å². The molecule has 0 spiro atoms. The molecule has 0 aliphatic heterocycles. The Kier molecular flexibility index (Phi) is 5.56. The molecule has 0 aliphatic carbocycles. The first-order valence-electron chi connectivity index (χ1n) is 7.33. The molecule has 0 fully saturated rings. The van der Waals surface area contributed by atoms with Crippen molar-refractivity contribution in [2.45, 2.75) is 26.8 Å². The van der Waals surface area contributed by atoms with E-state index in [0.717, 1.165) is 31.7 Å². The molecule has 1 N–H and O–H groups in total. The standard InChI is InChI=1S/C17H23N3/c1-3-11-18-14-15-13-17(10-12-19-15)20(4-2)16-8-6-5-7-9-16/h5-10,12-13,18H,3-4,11,14H2,1-2H3. The second-order valence-corrected chi connectivity index (χ2v) is 4.76. The fraction of sp³-hybridized carbons (Fsp3) is 0.353. The molecule has 3 nitrogen and oxygen atoms in total. The third-order valence-electron chi connectivity index (χ3n) is 3.23. The van der Waals surface area contributed by atoms with Gasteiger partial charge in [-0.1, -0.05) is 25.1 Å². The Balaban J connectivity index is 2.16. The first kappa shape index (κ1) is 14.5. The molecule has 2 aromatic rings. The molecule has 0 amide bonds. The van der Waals surface area contributed by atoms with E-state index >= 15 is 0 Å². The lowest BCUT2D eigenvalue weighted by molar-refractivity contribution is 0.664. The van der Waals surface area contributed by atoms with Crippen molar-refractivity contribution in [3.63, 3.8) is 0 Å². The maximum atomic E-state index is 4.43. The van der Waals surface area contributed by atoms with E-state index in [9.17, 15) is 0 Å². The molecule has 1 aromatic heterocycles. The molecule has 0 radical (unpaired) electrons. The van der Waals surface area contributed by atoms with Crippen LogP contribution in [-0.2, 0) is 6.54 Å². The van der Waals surface area contributed by atoms with Crippen LogP contribution in [0.2, 0.25) is 0 Å². The predicted octanol–water partition coefficient (Wildman–Crippen LogP) is 3.74. The summed E-state index contributed by atoms with van der Waals surface area (Å²) in [6.07, 6.45) is 3.04. The smallest absolute Gasteiger partial charge is 0.0562 e. The molecule has 20 heavy (non-hydrogen) atoms. The number of nitrogens with one attached hydrogen (secondary N) is 1. The Morgan fingerprint density at radius 2 is 1.85 bits per heavy atom. The van der Waals surface area contributed by atoms with E-state index in [1.807, 2.05) is 12.3 Å². The van der Waals surface area contributed by atoms with Crippen LogP contribution in [0.15, 0.2) is 48.7 Å². The number of pyridine rings is 1. The lowest BCUT2D eigenvalue weighted by Gasteiger charge is -2.23. The van der Waals surface area contributed by atoms with Crippen LogP contribution in [0.4, 0.5) is 11.4 Å². The average Bonchev–Trinajstić information content (AvgIpc) is 2.50. The Morgan fingerprint density at radius 3 is 2.55 bits per heavy atom. The van der Waals surface area contributed by atoms with Crippen LogP contribution in [0.1, 0.15) is 26.0 Å². The topological polar surface area (TPSA) is 28.2 Å². The second kappa shape index (κ2) is 7.65. The number of nitrogens with zero attached hydrogens (tertiary/aromatic N) is 2. The third kappa shape index (κ3) is 3.81. The zero-order valence-corrected chi connectivity index (χ0v) is 12.3. The van der Waals surface area contributed by atoms with Crippen molar-refractivity contribution in [1.82, 2.24) is 10.3 Å². The summed E-state index contributed by atoms with van der Waals surface area (Å²) in [4.78, 5) is 6.73. The zero-order chi connectivity index (χ0) is 14.2. The van der Waals surface area contributed by atoms with Crippen LogP contribution < -0.4 is 10.2 Å². The van der Waals surface area contributed by atoms with Crippen molar-refractivity contribution in [3.8, 4) is 0 Å². The minimum Gasteiger partial charge on any atom is -0.342 e. The minimum atomic E-state index is 0.827. The lowest BCUT2D eigenvalue weighted by Crippen LogP contribution is -2.18. The molecular formula is C17H23N3. The van der Waals surface area contributed by atoms with Crippen molar-refractivity contribution in [1.29, 1.82) is 0 Å². The third-order valence-corrected chi connectivity index (χ3v) is 3.23. The van der Waals surface area contributed by atoms with E-state index in [1.165, 1.54) is 11.4 Å². The molecule has 0 unspecified atom stereocenters. The highest BCUT2D eigenvalue weighted by Crippen LogP contribution is 2.24. The SMILES string of the molecule is CCCNCc1cc(N(CC)c2ccccc2)ccn1. The number of hydrogen-bond donors (Lipinski definition) is 1. The van der Waals surface area contributed by atoms with Gasteiger partial charge in [0.1, 0.15) is 0 Å². The first-order valence-corrected chi connectivity index (χ1v) is 7.33. The van der Waals surface area contributed by atoms with Gasteiger partial charge in [-0.3, -0.25) is 4.98 Å². The fourth-order valence-corrected chi connectivity index (χ4v) is 2.25. The summed E-state index contributed by atoms with van der Waals surface area (Å²) < 4.78 is 0. The molecule has 0 saturated heterocycles. The number of aromatic nitrogens is 1. The Hall–Kier alpha value is -1.87. The van der Waals surface area contributed by atoms with Gasteiger partial charge >= 0.3 is 0 Å². The average molecular weight is 269 g/mol. The molecule has 1 aromatic carbocycles. The van der Waals surface area contributed by atoms with Crippen molar-refractivity contribution >= 4 is 11.4 Å². The van der Waals surface area contributed by atoms with Gasteiger partial charge in [-0.15, -0.1) is 0 Å². The molecule has 2 rings (SSSR count). The highest BCUT2D eigenvalue weighted by Gasteiger charge is 2.07. The number of hydrogen-bond acceptors (Lipinski definition) is 3. The summed E-state index contributed by atoms with van der Waals surface area (Å²) in [5.74, 6) is 0. The highest BCUT2D eigenvalue weighted by molar-refractivity contribution is 5.62. The Bertz CT molecular complexity index is 511. The van der Waals surface area contributed by atoms with Crippen LogP contribution >= 0.6 is 0 Å². The van der Waals surface area contributed by atoms with Gasteiger partial charge < -0.3 is 10.2 Å². The summed E-state index contributed by atoms with van der Waals surface area (Å²) in [6.45, 7) is 7.14. The maximum Gasteiger partial charge on any atom is 0.0562 e. The molecular weight excluding hydrogens is 246 g/mol. The maximum absolute atomic E-state index is 4.43. The van der Waals surface area contributed by atoms with Gasteiger partial charge in [-0.05, 0) is 44.2 Å². The lowest BCUT2D eigenvalue weighted by atomic mass is 10.2. The van der Waals surface area contributed by atoms with Crippen LogP contribution in [0, 0.1) is 0 Å². The first-order chi connectivity index (χ1) is 9.85. The summed E-state index contributed by atoms with van der Waals surface area (Å²) in [6, 6.07) is 14.7. The minimum absolute atomic E-state index is 0.827. The fourth-order valence-electron chi connectivity index (χ4n) is 2.25. The molecule has 0 saturated carbocycles. The van der Waals surface area contributed by atoms with Crippen LogP contribution in [0.25, 0.3) is 0 Å². The second-order valence-electron chi connectivity index (χ2n) is 4.76. The molecule has 0 atom stereocenters. The van der Waals surface area contributed by atoms with Gasteiger partial charge in [-0.25, -0.2) is 0 Å². The van der Waals surface area contributed by atoms with Gasteiger partial charge in [0, 0.05) is 30.7 Å². The summed E-state index contributed by atoms with van der Waals surface area (Å²) in [5, 5.41) is 3.39. The molecule has 0 bridgehead atoms. The van der Waals surface area contributed by atoms with Gasteiger partial charge in [0.2, 0.25) is 0 Å². The predicted molar refractivity (Wildman–Crippen MR) is 85.4 cm³/mol. The molecule has 3 heteroatoms. The van der Waals surface area contributed by atoms with E-state index in [2.05, 4.69) is 65.4 Å². The Labute approximate surface area is 121 Å².